The molecule has 1 N–H and O–H groups in total. The lowest BCUT2D eigenvalue weighted by Gasteiger charge is -2.23. The van der Waals surface area contributed by atoms with Crippen molar-refractivity contribution in [1.29, 1.82) is 0 Å². The summed E-state index contributed by atoms with van der Waals surface area (Å²) in [6, 6.07) is 4.43. The molecule has 24 heavy (non-hydrogen) atoms. The highest BCUT2D eigenvalue weighted by atomic mass is 79.9. The van der Waals surface area contributed by atoms with E-state index in [4.69, 9.17) is 4.74 Å². The number of anilines is 1. The van der Waals surface area contributed by atoms with Crippen molar-refractivity contribution in [3.63, 3.8) is 0 Å². The molecule has 0 atom stereocenters. The van der Waals surface area contributed by atoms with Gasteiger partial charge < -0.3 is 4.74 Å². The Hall–Kier alpha value is -1.51. The minimum Gasteiger partial charge on any atom is -0.481 e. The van der Waals surface area contributed by atoms with E-state index in [0.29, 0.717) is 9.60 Å². The van der Waals surface area contributed by atoms with Crippen molar-refractivity contribution in [2.45, 2.75) is 19.9 Å². The number of rotatable bonds is 5. The summed E-state index contributed by atoms with van der Waals surface area (Å²) >= 11 is 4.66. The summed E-state index contributed by atoms with van der Waals surface area (Å²) in [4.78, 5) is 20.0. The van der Waals surface area contributed by atoms with Crippen LogP contribution in [0.4, 0.5) is 9.52 Å². The second-order valence-corrected chi connectivity index (χ2v) is 7.42. The van der Waals surface area contributed by atoms with Crippen molar-refractivity contribution in [2.75, 3.05) is 25.0 Å². The Morgan fingerprint density at radius 2 is 2.38 bits per heavy atom. The highest BCUT2D eigenvalue weighted by molar-refractivity contribution is 9.10. The lowest BCUT2D eigenvalue weighted by atomic mass is 10.2. The van der Waals surface area contributed by atoms with Gasteiger partial charge in [0.25, 0.3) is 5.91 Å². The first-order valence-electron chi connectivity index (χ1n) is 7.63. The van der Waals surface area contributed by atoms with Gasteiger partial charge in [-0.2, -0.15) is 0 Å². The lowest BCUT2D eigenvalue weighted by Crippen LogP contribution is -2.29. The van der Waals surface area contributed by atoms with Gasteiger partial charge in [0, 0.05) is 28.9 Å². The Labute approximate surface area is 152 Å². The Kier molecular flexibility index (Phi) is 5.47. The molecule has 1 amide bonds. The first-order valence-corrected chi connectivity index (χ1v) is 9.24. The first-order chi connectivity index (χ1) is 11.5. The van der Waals surface area contributed by atoms with E-state index >= 15 is 0 Å². The van der Waals surface area contributed by atoms with Gasteiger partial charge in [-0.05, 0) is 24.7 Å². The highest BCUT2D eigenvalue weighted by Crippen LogP contribution is 2.28. The van der Waals surface area contributed by atoms with E-state index in [2.05, 4.69) is 38.1 Å². The van der Waals surface area contributed by atoms with Gasteiger partial charge in [-0.1, -0.05) is 22.9 Å². The van der Waals surface area contributed by atoms with Crippen molar-refractivity contribution in [2.24, 2.45) is 0 Å². The largest absolute Gasteiger partial charge is 0.481 e. The fourth-order valence-corrected chi connectivity index (χ4v) is 3.86. The van der Waals surface area contributed by atoms with Crippen LogP contribution in [0.25, 0.3) is 0 Å². The van der Waals surface area contributed by atoms with E-state index < -0.39 is 5.82 Å². The van der Waals surface area contributed by atoms with E-state index in [9.17, 15) is 9.18 Å². The number of halogens is 2. The quantitative estimate of drug-likeness (QED) is 0.815. The summed E-state index contributed by atoms with van der Waals surface area (Å²) in [6.07, 6.45) is 0.899. The molecule has 0 spiro atoms. The van der Waals surface area contributed by atoms with Gasteiger partial charge in [-0.3, -0.25) is 15.0 Å². The number of nitrogens with zero attached hydrogens (tertiary/aromatic N) is 2. The molecule has 1 aliphatic rings. The molecule has 0 fully saturated rings. The van der Waals surface area contributed by atoms with Crippen LogP contribution in [0.2, 0.25) is 0 Å². The topological polar surface area (TPSA) is 54.5 Å². The Balaban J connectivity index is 1.56. The molecular weight excluding hydrogens is 397 g/mol. The second-order valence-electron chi connectivity index (χ2n) is 5.42. The average Bonchev–Trinajstić information content (AvgIpc) is 2.95. The van der Waals surface area contributed by atoms with Crippen LogP contribution in [0, 0.1) is 5.82 Å². The standard InChI is InChI=1S/C16H17BrFN3O2S/c1-2-21-6-5-12-14(8-21)24-16(19-12)20-15(22)9-23-13-4-3-10(17)7-11(13)18/h3-4,7H,2,5-6,8-9H2,1H3,(H,19,20,22). The van der Waals surface area contributed by atoms with Crippen molar-refractivity contribution >= 4 is 38.3 Å². The molecule has 0 saturated carbocycles. The molecule has 2 aromatic rings. The van der Waals surface area contributed by atoms with E-state index in [1.54, 1.807) is 6.07 Å². The summed E-state index contributed by atoms with van der Waals surface area (Å²) in [5.74, 6) is -0.817. The Bertz CT molecular complexity index is 753. The number of carbonyl (C=O) groups excluding carboxylic acids is 1. The number of hydrogen-bond donors (Lipinski definition) is 1. The molecule has 2 heterocycles. The van der Waals surface area contributed by atoms with Crippen LogP contribution >= 0.6 is 27.3 Å². The molecule has 0 unspecified atom stereocenters. The number of aromatic nitrogens is 1. The fourth-order valence-electron chi connectivity index (χ4n) is 2.46. The van der Waals surface area contributed by atoms with Crippen LogP contribution in [0.5, 0.6) is 5.75 Å². The number of carbonyl (C=O) groups is 1. The summed E-state index contributed by atoms with van der Waals surface area (Å²) in [7, 11) is 0. The number of nitrogens with one attached hydrogen (secondary N) is 1. The van der Waals surface area contributed by atoms with Gasteiger partial charge in [-0.15, -0.1) is 11.3 Å². The zero-order valence-electron chi connectivity index (χ0n) is 13.1. The lowest BCUT2D eigenvalue weighted by molar-refractivity contribution is -0.118. The maximum atomic E-state index is 13.7. The monoisotopic (exact) mass is 413 g/mol. The van der Waals surface area contributed by atoms with Crippen LogP contribution in [0.3, 0.4) is 0 Å². The third-order valence-corrected chi connectivity index (χ3v) is 5.25. The predicted molar refractivity (Wildman–Crippen MR) is 95.0 cm³/mol. The molecule has 3 rings (SSSR count). The number of ether oxygens (including phenoxy) is 1. The van der Waals surface area contributed by atoms with Crippen LogP contribution in [0.1, 0.15) is 17.5 Å². The maximum absolute atomic E-state index is 13.7. The number of thiazole rings is 1. The number of amides is 1. The van der Waals surface area contributed by atoms with E-state index in [-0.39, 0.29) is 18.3 Å². The zero-order chi connectivity index (χ0) is 17.1. The minimum atomic E-state index is -0.512. The SMILES string of the molecule is CCN1CCc2nc(NC(=O)COc3ccc(Br)cc3F)sc2C1. The molecule has 8 heteroatoms. The van der Waals surface area contributed by atoms with Crippen LogP contribution in [-0.2, 0) is 17.8 Å². The van der Waals surface area contributed by atoms with Crippen LogP contribution in [-0.4, -0.2) is 35.5 Å². The maximum Gasteiger partial charge on any atom is 0.264 e. The molecule has 1 aromatic carbocycles. The summed E-state index contributed by atoms with van der Waals surface area (Å²) in [6.45, 7) is 4.75. The zero-order valence-corrected chi connectivity index (χ0v) is 15.5. The molecule has 0 bridgehead atoms. The van der Waals surface area contributed by atoms with E-state index in [1.165, 1.54) is 28.3 Å². The van der Waals surface area contributed by atoms with Crippen molar-refractivity contribution in [3.8, 4) is 5.75 Å². The van der Waals surface area contributed by atoms with Crippen molar-refractivity contribution in [3.05, 3.63) is 39.1 Å². The Morgan fingerprint density at radius 1 is 1.54 bits per heavy atom. The van der Waals surface area contributed by atoms with Gasteiger partial charge in [0.15, 0.2) is 23.3 Å². The smallest absolute Gasteiger partial charge is 0.264 e. The molecular formula is C16H17BrFN3O2S. The Morgan fingerprint density at radius 3 is 3.12 bits per heavy atom. The number of hydrogen-bond acceptors (Lipinski definition) is 5. The minimum absolute atomic E-state index is 0.0466. The van der Waals surface area contributed by atoms with Gasteiger partial charge in [0.1, 0.15) is 0 Å². The average molecular weight is 414 g/mol. The second kappa shape index (κ2) is 7.58. The number of likely N-dealkylation sites (N-methyl/N-ethyl adjacent to an activating group) is 1. The highest BCUT2D eigenvalue weighted by Gasteiger charge is 2.20. The van der Waals surface area contributed by atoms with E-state index in [1.807, 2.05) is 0 Å². The fraction of sp³-hybridized carbons (Fsp3) is 0.375. The third-order valence-electron chi connectivity index (χ3n) is 3.76. The molecule has 1 aliphatic heterocycles. The molecule has 0 aliphatic carbocycles. The summed E-state index contributed by atoms with van der Waals surface area (Å²) in [5, 5.41) is 3.30. The summed E-state index contributed by atoms with van der Waals surface area (Å²) in [5.41, 5.74) is 1.06. The first kappa shape index (κ1) is 17.3. The van der Waals surface area contributed by atoms with Crippen LogP contribution in [0.15, 0.2) is 22.7 Å². The molecule has 1 aromatic heterocycles. The van der Waals surface area contributed by atoms with Gasteiger partial charge in [0.05, 0.1) is 5.69 Å². The van der Waals surface area contributed by atoms with Gasteiger partial charge in [0.2, 0.25) is 0 Å². The molecule has 0 saturated heterocycles. The third kappa shape index (κ3) is 4.12. The van der Waals surface area contributed by atoms with Gasteiger partial charge in [-0.25, -0.2) is 9.37 Å². The predicted octanol–water partition coefficient (Wildman–Crippen LogP) is 3.44. The van der Waals surface area contributed by atoms with Crippen molar-refractivity contribution < 1.29 is 13.9 Å². The molecule has 0 radical (unpaired) electrons. The number of fused-ring (bicyclic) bond motifs is 1. The molecule has 128 valence electrons. The van der Waals surface area contributed by atoms with Gasteiger partial charge >= 0.3 is 0 Å². The van der Waals surface area contributed by atoms with E-state index in [0.717, 1.165) is 31.7 Å². The normalized spacial score (nSPS) is 14.3. The van der Waals surface area contributed by atoms with Crippen molar-refractivity contribution in [1.82, 2.24) is 9.88 Å². The number of benzene rings is 1. The summed E-state index contributed by atoms with van der Waals surface area (Å²) < 4.78 is 19.5. The molecule has 5 nitrogen and oxygen atoms in total. The van der Waals surface area contributed by atoms with Crippen LogP contribution < -0.4 is 10.1 Å².